The van der Waals surface area contributed by atoms with Crippen molar-refractivity contribution in [2.24, 2.45) is 0 Å². The van der Waals surface area contributed by atoms with Gasteiger partial charge in [-0.15, -0.1) is 0 Å². The van der Waals surface area contributed by atoms with Gasteiger partial charge < -0.3 is 10.1 Å². The van der Waals surface area contributed by atoms with E-state index < -0.39 is 10.0 Å². The second kappa shape index (κ2) is 6.98. The fourth-order valence-corrected chi connectivity index (χ4v) is 4.50. The van der Waals surface area contributed by atoms with E-state index in [4.69, 9.17) is 4.74 Å². The lowest BCUT2D eigenvalue weighted by atomic mass is 10.0. The Morgan fingerprint density at radius 2 is 1.95 bits per heavy atom. The van der Waals surface area contributed by atoms with E-state index in [1.54, 1.807) is 17.5 Å². The van der Waals surface area contributed by atoms with Crippen LogP contribution in [-0.2, 0) is 10.0 Å². The van der Waals surface area contributed by atoms with Crippen molar-refractivity contribution in [2.75, 3.05) is 33.3 Å². The maximum Gasteiger partial charge on any atom is 0.243 e. The minimum absolute atomic E-state index is 0.204. The number of rotatable bonds is 4. The number of ether oxygens (including phenoxy) is 1. The Morgan fingerprint density at radius 1 is 1.23 bits per heavy atom. The van der Waals surface area contributed by atoms with Crippen molar-refractivity contribution in [2.45, 2.75) is 38.0 Å². The Balaban J connectivity index is 2.48. The van der Waals surface area contributed by atoms with Gasteiger partial charge in [0.25, 0.3) is 0 Å². The van der Waals surface area contributed by atoms with Gasteiger partial charge in [-0.3, -0.25) is 0 Å². The van der Waals surface area contributed by atoms with Crippen LogP contribution in [-0.4, -0.2) is 46.0 Å². The molecule has 0 saturated carbocycles. The van der Waals surface area contributed by atoms with Crippen molar-refractivity contribution in [1.29, 1.82) is 0 Å². The maximum absolute atomic E-state index is 13.0. The van der Waals surface area contributed by atoms with Crippen LogP contribution in [0.5, 0.6) is 5.75 Å². The fraction of sp³-hybridized carbons (Fsp3) is 0.625. The molecule has 5 nitrogen and oxygen atoms in total. The first-order valence-electron chi connectivity index (χ1n) is 7.77. The molecule has 22 heavy (non-hydrogen) atoms. The molecule has 0 amide bonds. The van der Waals surface area contributed by atoms with Gasteiger partial charge in [0.1, 0.15) is 5.75 Å². The van der Waals surface area contributed by atoms with E-state index in [1.165, 1.54) is 0 Å². The third-order valence-electron chi connectivity index (χ3n) is 4.07. The molecule has 0 atom stereocenters. The summed E-state index contributed by atoms with van der Waals surface area (Å²) in [6, 6.07) is 3.62. The van der Waals surface area contributed by atoms with Crippen LogP contribution in [0.3, 0.4) is 0 Å². The van der Waals surface area contributed by atoms with Crippen LogP contribution in [0.25, 0.3) is 0 Å². The van der Waals surface area contributed by atoms with Gasteiger partial charge in [-0.25, -0.2) is 8.42 Å². The van der Waals surface area contributed by atoms with Gasteiger partial charge in [-0.05, 0) is 49.1 Å². The first-order valence-corrected chi connectivity index (χ1v) is 9.21. The fourth-order valence-electron chi connectivity index (χ4n) is 2.78. The number of benzene rings is 1. The highest BCUT2D eigenvalue weighted by Gasteiger charge is 2.28. The molecule has 1 aliphatic rings. The van der Waals surface area contributed by atoms with Crippen molar-refractivity contribution in [1.82, 2.24) is 9.62 Å². The van der Waals surface area contributed by atoms with Crippen molar-refractivity contribution in [3.8, 4) is 5.75 Å². The summed E-state index contributed by atoms with van der Waals surface area (Å²) in [6.07, 6.45) is 0.839. The van der Waals surface area contributed by atoms with E-state index in [1.807, 2.05) is 26.8 Å². The third-order valence-corrected chi connectivity index (χ3v) is 6.11. The predicted molar refractivity (Wildman–Crippen MR) is 88.1 cm³/mol. The quantitative estimate of drug-likeness (QED) is 0.921. The highest BCUT2D eigenvalue weighted by Crippen LogP contribution is 2.32. The smallest absolute Gasteiger partial charge is 0.243 e. The van der Waals surface area contributed by atoms with Gasteiger partial charge in [-0.1, -0.05) is 13.8 Å². The lowest BCUT2D eigenvalue weighted by molar-refractivity contribution is 0.406. The zero-order valence-corrected chi connectivity index (χ0v) is 14.7. The number of hydrogen-bond donors (Lipinski definition) is 1. The number of sulfonamides is 1. The standard InChI is InChI=1S/C16H26N2O3S/c1-12(2)14-11-16(13(3)10-15(14)21-4)22(19,20)18-8-5-6-17-7-9-18/h10-12,17H,5-9H2,1-4H3. The highest BCUT2D eigenvalue weighted by molar-refractivity contribution is 7.89. The number of nitrogens with one attached hydrogen (secondary N) is 1. The molecular formula is C16H26N2O3S. The van der Waals surface area contributed by atoms with E-state index in [0.29, 0.717) is 24.5 Å². The molecule has 1 aromatic rings. The van der Waals surface area contributed by atoms with Crippen LogP contribution < -0.4 is 10.1 Å². The lowest BCUT2D eigenvalue weighted by Gasteiger charge is -2.22. The third kappa shape index (κ3) is 3.45. The van der Waals surface area contributed by atoms with Crippen LogP contribution in [0.1, 0.15) is 37.3 Å². The normalized spacial score (nSPS) is 17.5. The van der Waals surface area contributed by atoms with Crippen molar-refractivity contribution in [3.05, 3.63) is 23.3 Å². The summed E-state index contributed by atoms with van der Waals surface area (Å²) in [7, 11) is -1.84. The zero-order valence-electron chi connectivity index (χ0n) is 13.8. The lowest BCUT2D eigenvalue weighted by Crippen LogP contribution is -2.34. The van der Waals surface area contributed by atoms with Crippen LogP contribution in [0.2, 0.25) is 0 Å². The summed E-state index contributed by atoms with van der Waals surface area (Å²) in [5.41, 5.74) is 1.66. The van der Waals surface area contributed by atoms with E-state index in [-0.39, 0.29) is 5.92 Å². The minimum atomic E-state index is -3.46. The monoisotopic (exact) mass is 326 g/mol. The average Bonchev–Trinajstić information content (AvgIpc) is 2.75. The van der Waals surface area contributed by atoms with E-state index in [0.717, 1.165) is 29.8 Å². The van der Waals surface area contributed by atoms with E-state index >= 15 is 0 Å². The van der Waals surface area contributed by atoms with E-state index in [2.05, 4.69) is 5.32 Å². The van der Waals surface area contributed by atoms with Crippen molar-refractivity contribution >= 4 is 10.0 Å². The first-order chi connectivity index (χ1) is 10.4. The first kappa shape index (κ1) is 17.2. The number of hydrogen-bond acceptors (Lipinski definition) is 4. The zero-order chi connectivity index (χ0) is 16.3. The van der Waals surface area contributed by atoms with Crippen molar-refractivity contribution < 1.29 is 13.2 Å². The summed E-state index contributed by atoms with van der Waals surface area (Å²) < 4.78 is 33.0. The Bertz CT molecular complexity index is 619. The molecule has 1 saturated heterocycles. The summed E-state index contributed by atoms with van der Waals surface area (Å²) in [5.74, 6) is 0.958. The molecule has 0 aliphatic carbocycles. The van der Waals surface area contributed by atoms with Crippen LogP contribution >= 0.6 is 0 Å². The molecule has 0 bridgehead atoms. The Labute approximate surface area is 133 Å². The largest absolute Gasteiger partial charge is 0.496 e. The Kier molecular flexibility index (Phi) is 5.47. The Morgan fingerprint density at radius 3 is 2.59 bits per heavy atom. The van der Waals surface area contributed by atoms with Crippen LogP contribution in [0.4, 0.5) is 0 Å². The molecule has 1 N–H and O–H groups in total. The minimum Gasteiger partial charge on any atom is -0.496 e. The molecule has 1 fully saturated rings. The van der Waals surface area contributed by atoms with Gasteiger partial charge in [0.05, 0.1) is 12.0 Å². The topological polar surface area (TPSA) is 58.6 Å². The summed E-state index contributed by atoms with van der Waals surface area (Å²) in [4.78, 5) is 0.402. The molecule has 0 spiro atoms. The highest BCUT2D eigenvalue weighted by atomic mass is 32.2. The van der Waals surface area contributed by atoms with Crippen LogP contribution in [0, 0.1) is 6.92 Å². The van der Waals surface area contributed by atoms with Crippen LogP contribution in [0.15, 0.2) is 17.0 Å². The molecule has 0 unspecified atom stereocenters. The summed E-state index contributed by atoms with van der Waals surface area (Å²) >= 11 is 0. The number of aryl methyl sites for hydroxylation is 1. The number of methoxy groups -OCH3 is 1. The van der Waals surface area contributed by atoms with Crippen molar-refractivity contribution in [3.63, 3.8) is 0 Å². The van der Waals surface area contributed by atoms with E-state index in [9.17, 15) is 8.42 Å². The summed E-state index contributed by atoms with van der Waals surface area (Å²) in [5, 5.41) is 3.24. The molecule has 2 rings (SSSR count). The molecule has 1 aromatic carbocycles. The Hall–Kier alpha value is -1.11. The molecule has 0 radical (unpaired) electrons. The molecular weight excluding hydrogens is 300 g/mol. The predicted octanol–water partition coefficient (Wildman–Crippen LogP) is 2.11. The second-order valence-electron chi connectivity index (χ2n) is 6.02. The van der Waals surface area contributed by atoms with Gasteiger partial charge in [0.2, 0.25) is 10.0 Å². The SMILES string of the molecule is COc1cc(C)c(S(=O)(=O)N2CCCNCC2)cc1C(C)C. The number of nitrogens with zero attached hydrogens (tertiary/aromatic N) is 1. The average molecular weight is 326 g/mol. The molecule has 1 heterocycles. The molecule has 1 aliphatic heterocycles. The molecule has 124 valence electrons. The summed E-state index contributed by atoms with van der Waals surface area (Å²) in [6.45, 7) is 8.56. The second-order valence-corrected chi connectivity index (χ2v) is 7.93. The maximum atomic E-state index is 13.0. The molecule has 0 aromatic heterocycles. The van der Waals surface area contributed by atoms with Gasteiger partial charge in [0.15, 0.2) is 0 Å². The molecule has 6 heteroatoms. The van der Waals surface area contributed by atoms with Gasteiger partial charge in [0, 0.05) is 19.6 Å². The van der Waals surface area contributed by atoms with Gasteiger partial charge in [-0.2, -0.15) is 4.31 Å². The van der Waals surface area contributed by atoms with Gasteiger partial charge >= 0.3 is 0 Å².